The van der Waals surface area contributed by atoms with E-state index in [9.17, 15) is 22.8 Å². The Balaban J connectivity index is 2.11. The summed E-state index contributed by atoms with van der Waals surface area (Å²) in [5.74, 6) is 0. The number of rotatable bonds is 6. The first-order valence-corrected chi connectivity index (χ1v) is 11.0. The largest absolute Gasteiger partial charge is 0.390 e. The lowest BCUT2D eigenvalue weighted by atomic mass is 10.1. The lowest BCUT2D eigenvalue weighted by molar-refractivity contribution is -0.136. The van der Waals surface area contributed by atoms with Gasteiger partial charge in [0.1, 0.15) is 4.83 Å². The average molecular weight is 447 g/mol. The zero-order chi connectivity index (χ0) is 22.3. The van der Waals surface area contributed by atoms with Gasteiger partial charge in [0.05, 0.1) is 11.8 Å². The Morgan fingerprint density at radius 2 is 1.77 bits per heavy atom. The zero-order valence-electron chi connectivity index (χ0n) is 17.8. The molecule has 0 saturated heterocycles. The summed E-state index contributed by atoms with van der Waals surface area (Å²) < 4.78 is 41.1. The summed E-state index contributed by atoms with van der Waals surface area (Å²) in [5.41, 5.74) is 5.78. The third kappa shape index (κ3) is 4.97. The van der Waals surface area contributed by atoms with Gasteiger partial charge in [0, 0.05) is 29.5 Å². The third-order valence-corrected chi connectivity index (χ3v) is 6.68. The molecule has 1 fully saturated rings. The SMILES string of the molecule is Cc1c(CNNC(C)(C)C)sc2c1c(=O)n(C1CCCC1)c(=O)n2CCC(F)(F)F. The predicted molar refractivity (Wildman–Crippen MR) is 113 cm³/mol. The summed E-state index contributed by atoms with van der Waals surface area (Å²) in [6.45, 7) is 7.69. The van der Waals surface area contributed by atoms with Gasteiger partial charge in [0.2, 0.25) is 0 Å². The highest BCUT2D eigenvalue weighted by molar-refractivity contribution is 7.18. The second-order valence-corrected chi connectivity index (χ2v) is 10.1. The molecule has 0 spiro atoms. The van der Waals surface area contributed by atoms with Crippen molar-refractivity contribution < 1.29 is 13.2 Å². The molecule has 0 atom stereocenters. The zero-order valence-corrected chi connectivity index (χ0v) is 18.6. The van der Waals surface area contributed by atoms with Crippen molar-refractivity contribution in [2.24, 2.45) is 0 Å². The molecule has 0 amide bonds. The Morgan fingerprint density at radius 3 is 2.33 bits per heavy atom. The van der Waals surface area contributed by atoms with Crippen LogP contribution in [0.5, 0.6) is 0 Å². The molecule has 0 bridgehead atoms. The van der Waals surface area contributed by atoms with E-state index in [0.717, 1.165) is 27.8 Å². The Labute approximate surface area is 177 Å². The summed E-state index contributed by atoms with van der Waals surface area (Å²) in [6, 6.07) is -0.241. The number of thiophene rings is 1. The van der Waals surface area contributed by atoms with Crippen molar-refractivity contribution in [3.63, 3.8) is 0 Å². The second kappa shape index (κ2) is 8.47. The van der Waals surface area contributed by atoms with Gasteiger partial charge in [0.15, 0.2) is 0 Å². The molecule has 0 aliphatic heterocycles. The van der Waals surface area contributed by atoms with E-state index in [4.69, 9.17) is 0 Å². The molecule has 30 heavy (non-hydrogen) atoms. The normalized spacial score (nSPS) is 16.1. The van der Waals surface area contributed by atoms with Crippen LogP contribution < -0.4 is 22.1 Å². The summed E-state index contributed by atoms with van der Waals surface area (Å²) in [4.78, 5) is 27.5. The van der Waals surface area contributed by atoms with Gasteiger partial charge >= 0.3 is 11.9 Å². The lowest BCUT2D eigenvalue weighted by Gasteiger charge is -2.20. The Hall–Kier alpha value is -1.65. The van der Waals surface area contributed by atoms with Gasteiger partial charge in [-0.2, -0.15) is 13.2 Å². The van der Waals surface area contributed by atoms with Crippen molar-refractivity contribution in [3.8, 4) is 0 Å². The van der Waals surface area contributed by atoms with Crippen molar-refractivity contribution in [2.75, 3.05) is 0 Å². The number of fused-ring (bicyclic) bond motifs is 1. The van der Waals surface area contributed by atoms with Crippen molar-refractivity contribution in [2.45, 2.75) is 90.6 Å². The first-order chi connectivity index (χ1) is 13.9. The summed E-state index contributed by atoms with van der Waals surface area (Å²) in [5, 5.41) is 0.362. The Kier molecular flexibility index (Phi) is 6.50. The number of hydrazine groups is 1. The van der Waals surface area contributed by atoms with Crippen LogP contribution in [0.3, 0.4) is 0 Å². The minimum atomic E-state index is -4.38. The van der Waals surface area contributed by atoms with Gasteiger partial charge < -0.3 is 0 Å². The molecule has 1 saturated carbocycles. The van der Waals surface area contributed by atoms with E-state index in [1.165, 1.54) is 15.9 Å². The molecule has 0 aromatic carbocycles. The van der Waals surface area contributed by atoms with Crippen LogP contribution in [0.1, 0.15) is 69.4 Å². The number of aromatic nitrogens is 2. The molecule has 2 heterocycles. The molecule has 168 valence electrons. The molecule has 3 rings (SSSR count). The molecule has 10 heteroatoms. The standard InChI is InChI=1S/C20H29F3N4O2S/c1-12-14(11-24-25-19(2,3)4)30-17-15(12)16(28)27(13-7-5-6-8-13)18(29)26(17)10-9-20(21,22)23/h13,24-25H,5-11H2,1-4H3. The van der Waals surface area contributed by atoms with E-state index in [0.29, 0.717) is 29.6 Å². The van der Waals surface area contributed by atoms with Gasteiger partial charge in [-0.3, -0.25) is 24.8 Å². The average Bonchev–Trinajstić information content (AvgIpc) is 3.22. The van der Waals surface area contributed by atoms with Gasteiger partial charge in [0.25, 0.3) is 5.56 Å². The molecule has 2 aromatic rings. The third-order valence-electron chi connectivity index (χ3n) is 5.36. The smallest absolute Gasteiger partial charge is 0.284 e. The molecule has 1 aliphatic carbocycles. The second-order valence-electron chi connectivity index (χ2n) is 8.97. The number of hydrogen-bond acceptors (Lipinski definition) is 5. The monoisotopic (exact) mass is 446 g/mol. The van der Waals surface area contributed by atoms with Crippen molar-refractivity contribution in [1.82, 2.24) is 20.0 Å². The van der Waals surface area contributed by atoms with Gasteiger partial charge in [-0.25, -0.2) is 4.79 Å². The quantitative estimate of drug-likeness (QED) is 0.659. The molecule has 2 aromatic heterocycles. The fourth-order valence-electron chi connectivity index (χ4n) is 3.89. The highest BCUT2D eigenvalue weighted by Gasteiger charge is 2.30. The number of aryl methyl sites for hydroxylation is 2. The van der Waals surface area contributed by atoms with E-state index in [2.05, 4.69) is 10.9 Å². The van der Waals surface area contributed by atoms with Crippen LogP contribution in [0.4, 0.5) is 13.2 Å². The maximum Gasteiger partial charge on any atom is 0.390 e. The van der Waals surface area contributed by atoms with Crippen LogP contribution in [0.25, 0.3) is 10.2 Å². The first kappa shape index (κ1) is 23.0. The van der Waals surface area contributed by atoms with Gasteiger partial charge in [-0.15, -0.1) is 11.3 Å². The van der Waals surface area contributed by atoms with Crippen LogP contribution in [-0.2, 0) is 13.1 Å². The fraction of sp³-hybridized carbons (Fsp3) is 0.700. The lowest BCUT2D eigenvalue weighted by Crippen LogP contribution is -2.45. The van der Waals surface area contributed by atoms with E-state index in [-0.39, 0.29) is 17.1 Å². The van der Waals surface area contributed by atoms with Crippen LogP contribution in [0.2, 0.25) is 0 Å². The number of alkyl halides is 3. The van der Waals surface area contributed by atoms with E-state index in [1.807, 2.05) is 20.8 Å². The van der Waals surface area contributed by atoms with Crippen LogP contribution in [0, 0.1) is 6.92 Å². The maximum absolute atomic E-state index is 13.3. The number of nitrogens with one attached hydrogen (secondary N) is 2. The van der Waals surface area contributed by atoms with Gasteiger partial charge in [-0.05, 0) is 46.1 Å². The topological polar surface area (TPSA) is 68.1 Å². The molecular formula is C20H29F3N4O2S. The Bertz CT molecular complexity index is 1020. The van der Waals surface area contributed by atoms with Gasteiger partial charge in [-0.1, -0.05) is 12.8 Å². The number of nitrogens with zero attached hydrogens (tertiary/aromatic N) is 2. The van der Waals surface area contributed by atoms with Crippen LogP contribution in [0.15, 0.2) is 9.59 Å². The number of halogens is 3. The molecule has 0 radical (unpaired) electrons. The highest BCUT2D eigenvalue weighted by Crippen LogP contribution is 2.31. The van der Waals surface area contributed by atoms with E-state index >= 15 is 0 Å². The van der Waals surface area contributed by atoms with E-state index in [1.54, 1.807) is 6.92 Å². The summed E-state index contributed by atoms with van der Waals surface area (Å²) >= 11 is 1.21. The van der Waals surface area contributed by atoms with Crippen molar-refractivity contribution in [3.05, 3.63) is 31.3 Å². The minimum absolute atomic E-state index is 0.172. The number of hydrogen-bond donors (Lipinski definition) is 2. The van der Waals surface area contributed by atoms with Crippen LogP contribution >= 0.6 is 11.3 Å². The Morgan fingerprint density at radius 1 is 1.13 bits per heavy atom. The molecule has 6 nitrogen and oxygen atoms in total. The van der Waals surface area contributed by atoms with E-state index < -0.39 is 24.8 Å². The van der Waals surface area contributed by atoms with Crippen molar-refractivity contribution in [1.29, 1.82) is 0 Å². The minimum Gasteiger partial charge on any atom is -0.284 e. The fourth-order valence-corrected chi connectivity index (χ4v) is 5.14. The highest BCUT2D eigenvalue weighted by atomic mass is 32.1. The van der Waals surface area contributed by atoms with Crippen LogP contribution in [-0.4, -0.2) is 20.8 Å². The maximum atomic E-state index is 13.3. The summed E-state index contributed by atoms with van der Waals surface area (Å²) in [6.07, 6.45) is -2.27. The molecule has 1 aliphatic rings. The predicted octanol–water partition coefficient (Wildman–Crippen LogP) is 3.99. The first-order valence-electron chi connectivity index (χ1n) is 10.2. The van der Waals surface area contributed by atoms with Crippen molar-refractivity contribution >= 4 is 21.6 Å². The molecular weight excluding hydrogens is 417 g/mol. The molecule has 2 N–H and O–H groups in total. The summed E-state index contributed by atoms with van der Waals surface area (Å²) in [7, 11) is 0. The molecule has 0 unspecified atom stereocenters.